The Morgan fingerprint density at radius 2 is 2.29 bits per heavy atom. The van der Waals surface area contributed by atoms with Gasteiger partial charge in [0.05, 0.1) is 9.77 Å². The van der Waals surface area contributed by atoms with Crippen molar-refractivity contribution in [3.8, 4) is 5.69 Å². The van der Waals surface area contributed by atoms with Crippen molar-refractivity contribution in [3.63, 3.8) is 0 Å². The molecule has 17 heavy (non-hydrogen) atoms. The van der Waals surface area contributed by atoms with Crippen molar-refractivity contribution >= 4 is 22.6 Å². The number of halogens is 2. The first-order chi connectivity index (χ1) is 8.08. The lowest BCUT2D eigenvalue weighted by molar-refractivity contribution is 0.603. The minimum absolute atomic E-state index is 0.00909. The van der Waals surface area contributed by atoms with Crippen LogP contribution in [0, 0.1) is 9.39 Å². The maximum Gasteiger partial charge on any atom is 0.149 e. The minimum atomic E-state index is -0.275. The molecule has 0 saturated carbocycles. The molecule has 2 N–H and O–H groups in total. The Morgan fingerprint density at radius 1 is 1.53 bits per heavy atom. The molecule has 2 rings (SSSR count). The number of hydrogen-bond acceptors (Lipinski definition) is 2. The number of nitrogens with two attached hydrogens (primary N) is 1. The Kier molecular flexibility index (Phi) is 3.78. The highest BCUT2D eigenvalue weighted by Crippen LogP contribution is 2.20. The van der Waals surface area contributed by atoms with Crippen LogP contribution in [0.25, 0.3) is 5.69 Å². The second-order valence-corrected chi connectivity index (χ2v) is 5.28. The lowest BCUT2D eigenvalue weighted by Gasteiger charge is -2.12. The van der Waals surface area contributed by atoms with E-state index in [-0.39, 0.29) is 11.9 Å². The summed E-state index contributed by atoms with van der Waals surface area (Å²) in [7, 11) is 0. The van der Waals surface area contributed by atoms with E-state index in [0.717, 1.165) is 9.13 Å². The van der Waals surface area contributed by atoms with E-state index < -0.39 is 0 Å². The third-order valence-electron chi connectivity index (χ3n) is 2.39. The smallest absolute Gasteiger partial charge is 0.149 e. The second-order valence-electron chi connectivity index (χ2n) is 4.03. The standard InChI is InChI=1S/C12H13FIN3/c1-8(15)5-9-3-2-4-11(13)12(9)17-7-10(14)6-16-17/h2-4,6-8H,5,15H2,1H3. The van der Waals surface area contributed by atoms with Crippen molar-refractivity contribution < 1.29 is 4.39 Å². The molecule has 1 unspecified atom stereocenters. The maximum absolute atomic E-state index is 13.9. The van der Waals surface area contributed by atoms with Gasteiger partial charge in [-0.1, -0.05) is 12.1 Å². The lowest BCUT2D eigenvalue weighted by atomic mass is 10.1. The Balaban J connectivity index is 2.50. The molecule has 2 aromatic rings. The molecule has 0 aliphatic heterocycles. The molecule has 0 radical (unpaired) electrons. The highest BCUT2D eigenvalue weighted by Gasteiger charge is 2.12. The van der Waals surface area contributed by atoms with Crippen LogP contribution in [0.4, 0.5) is 4.39 Å². The van der Waals surface area contributed by atoms with E-state index in [1.54, 1.807) is 23.1 Å². The summed E-state index contributed by atoms with van der Waals surface area (Å²) >= 11 is 2.15. The van der Waals surface area contributed by atoms with E-state index in [1.165, 1.54) is 6.07 Å². The van der Waals surface area contributed by atoms with Crippen LogP contribution in [0.5, 0.6) is 0 Å². The molecule has 90 valence electrons. The lowest BCUT2D eigenvalue weighted by Crippen LogP contribution is -2.19. The molecule has 1 heterocycles. The fourth-order valence-electron chi connectivity index (χ4n) is 1.75. The fourth-order valence-corrected chi connectivity index (χ4v) is 2.14. The van der Waals surface area contributed by atoms with Crippen LogP contribution in [-0.4, -0.2) is 15.8 Å². The average molecular weight is 345 g/mol. The van der Waals surface area contributed by atoms with Gasteiger partial charge in [-0.2, -0.15) is 5.10 Å². The summed E-state index contributed by atoms with van der Waals surface area (Å²) in [6.45, 7) is 1.90. The van der Waals surface area contributed by atoms with Crippen LogP contribution in [0.2, 0.25) is 0 Å². The molecular formula is C12H13FIN3. The van der Waals surface area contributed by atoms with Crippen LogP contribution in [-0.2, 0) is 6.42 Å². The van der Waals surface area contributed by atoms with Crippen molar-refractivity contribution in [1.82, 2.24) is 9.78 Å². The van der Waals surface area contributed by atoms with Gasteiger partial charge >= 0.3 is 0 Å². The third-order valence-corrected chi connectivity index (χ3v) is 2.95. The van der Waals surface area contributed by atoms with Crippen molar-refractivity contribution in [2.75, 3.05) is 0 Å². The predicted molar refractivity (Wildman–Crippen MR) is 73.6 cm³/mol. The zero-order chi connectivity index (χ0) is 12.4. The van der Waals surface area contributed by atoms with Gasteiger partial charge < -0.3 is 5.73 Å². The Bertz CT molecular complexity index is 522. The molecule has 0 aliphatic rings. The van der Waals surface area contributed by atoms with Crippen molar-refractivity contribution in [2.45, 2.75) is 19.4 Å². The number of hydrogen-bond donors (Lipinski definition) is 1. The predicted octanol–water partition coefficient (Wildman–Crippen LogP) is 2.51. The average Bonchev–Trinajstić information content (AvgIpc) is 2.64. The molecule has 0 saturated heterocycles. The fraction of sp³-hybridized carbons (Fsp3) is 0.250. The first-order valence-electron chi connectivity index (χ1n) is 5.31. The molecule has 0 aliphatic carbocycles. The first-order valence-corrected chi connectivity index (χ1v) is 6.39. The molecule has 0 spiro atoms. The number of para-hydroxylation sites is 1. The van der Waals surface area contributed by atoms with Gasteiger partial charge in [0.2, 0.25) is 0 Å². The zero-order valence-corrected chi connectivity index (χ0v) is 11.6. The van der Waals surface area contributed by atoms with E-state index in [4.69, 9.17) is 5.73 Å². The second kappa shape index (κ2) is 5.14. The largest absolute Gasteiger partial charge is 0.328 e. The summed E-state index contributed by atoms with van der Waals surface area (Å²) in [5.74, 6) is -0.275. The number of aromatic nitrogens is 2. The third kappa shape index (κ3) is 2.84. The van der Waals surface area contributed by atoms with Gasteiger partial charge in [0.25, 0.3) is 0 Å². The van der Waals surface area contributed by atoms with E-state index in [0.29, 0.717) is 12.1 Å². The SMILES string of the molecule is CC(N)Cc1cccc(F)c1-n1cc(I)cn1. The molecule has 3 nitrogen and oxygen atoms in total. The highest BCUT2D eigenvalue weighted by atomic mass is 127. The molecule has 5 heteroatoms. The minimum Gasteiger partial charge on any atom is -0.328 e. The van der Waals surface area contributed by atoms with Gasteiger partial charge in [0.15, 0.2) is 0 Å². The van der Waals surface area contributed by atoms with Crippen molar-refractivity contribution in [1.29, 1.82) is 0 Å². The van der Waals surface area contributed by atoms with Gasteiger partial charge in [-0.05, 0) is 47.6 Å². The maximum atomic E-state index is 13.9. The summed E-state index contributed by atoms with van der Waals surface area (Å²) < 4.78 is 16.4. The Hall–Kier alpha value is -0.950. The summed E-state index contributed by atoms with van der Waals surface area (Å²) in [6, 6.07) is 5.01. The topological polar surface area (TPSA) is 43.8 Å². The Morgan fingerprint density at radius 3 is 2.88 bits per heavy atom. The monoisotopic (exact) mass is 345 g/mol. The quantitative estimate of drug-likeness (QED) is 0.869. The van der Waals surface area contributed by atoms with E-state index >= 15 is 0 Å². The number of rotatable bonds is 3. The van der Waals surface area contributed by atoms with E-state index in [2.05, 4.69) is 27.7 Å². The number of benzene rings is 1. The van der Waals surface area contributed by atoms with E-state index in [1.807, 2.05) is 13.0 Å². The first kappa shape index (κ1) is 12.5. The van der Waals surface area contributed by atoms with Crippen molar-refractivity contribution in [2.24, 2.45) is 5.73 Å². The molecular weight excluding hydrogens is 332 g/mol. The molecule has 0 fully saturated rings. The van der Waals surface area contributed by atoms with Gasteiger partial charge in [0.1, 0.15) is 11.5 Å². The van der Waals surface area contributed by atoms with Crippen LogP contribution < -0.4 is 5.73 Å². The van der Waals surface area contributed by atoms with Crippen LogP contribution >= 0.6 is 22.6 Å². The van der Waals surface area contributed by atoms with Gasteiger partial charge in [-0.25, -0.2) is 9.07 Å². The van der Waals surface area contributed by atoms with Crippen LogP contribution in [0.1, 0.15) is 12.5 Å². The van der Waals surface area contributed by atoms with Gasteiger partial charge in [-0.3, -0.25) is 0 Å². The normalized spacial score (nSPS) is 12.7. The zero-order valence-electron chi connectivity index (χ0n) is 9.40. The molecule has 0 bridgehead atoms. The van der Waals surface area contributed by atoms with E-state index in [9.17, 15) is 4.39 Å². The molecule has 0 amide bonds. The Labute approximate surface area is 113 Å². The molecule has 1 aromatic carbocycles. The molecule has 1 aromatic heterocycles. The number of nitrogens with zero attached hydrogens (tertiary/aromatic N) is 2. The summed E-state index contributed by atoms with van der Waals surface area (Å²) in [6.07, 6.45) is 4.12. The summed E-state index contributed by atoms with van der Waals surface area (Å²) in [5, 5.41) is 4.14. The van der Waals surface area contributed by atoms with Crippen molar-refractivity contribution in [3.05, 3.63) is 45.5 Å². The van der Waals surface area contributed by atoms with Crippen LogP contribution in [0.3, 0.4) is 0 Å². The summed E-state index contributed by atoms with van der Waals surface area (Å²) in [4.78, 5) is 0. The summed E-state index contributed by atoms with van der Waals surface area (Å²) in [5.41, 5.74) is 7.14. The van der Waals surface area contributed by atoms with Gasteiger partial charge in [-0.15, -0.1) is 0 Å². The molecule has 1 atom stereocenters. The highest BCUT2D eigenvalue weighted by molar-refractivity contribution is 14.1. The van der Waals surface area contributed by atoms with Crippen LogP contribution in [0.15, 0.2) is 30.6 Å². The van der Waals surface area contributed by atoms with Gasteiger partial charge in [0, 0.05) is 12.2 Å².